The summed E-state index contributed by atoms with van der Waals surface area (Å²) in [6.45, 7) is 0.562. The van der Waals surface area contributed by atoms with Crippen LogP contribution in [0.4, 0.5) is 0 Å². The van der Waals surface area contributed by atoms with Crippen molar-refractivity contribution >= 4 is 34.5 Å². The zero-order chi connectivity index (χ0) is 13.7. The van der Waals surface area contributed by atoms with Gasteiger partial charge in [-0.3, -0.25) is 4.79 Å². The van der Waals surface area contributed by atoms with Gasteiger partial charge in [0.25, 0.3) is 0 Å². The smallest absolute Gasteiger partial charge is 0.233 e. The minimum atomic E-state index is -0.623. The van der Waals surface area contributed by atoms with Crippen molar-refractivity contribution in [3.8, 4) is 0 Å². The van der Waals surface area contributed by atoms with E-state index in [0.717, 1.165) is 31.2 Å². The van der Waals surface area contributed by atoms with Crippen LogP contribution in [0, 0.1) is 5.41 Å². The van der Waals surface area contributed by atoms with Crippen LogP contribution in [0.5, 0.6) is 0 Å². The van der Waals surface area contributed by atoms with Crippen LogP contribution in [0.3, 0.4) is 0 Å². The molecule has 3 nitrogen and oxygen atoms in total. The molecule has 2 rings (SSSR count). The molecule has 0 bridgehead atoms. The number of hydrogen-bond donors (Lipinski definition) is 2. The molecule has 1 saturated carbocycles. The zero-order valence-corrected chi connectivity index (χ0v) is 12.6. The van der Waals surface area contributed by atoms with Crippen molar-refractivity contribution in [3.05, 3.63) is 22.4 Å². The average Bonchev–Trinajstić information content (AvgIpc) is 2.78. The fourth-order valence-corrected chi connectivity index (χ4v) is 3.63. The van der Waals surface area contributed by atoms with Gasteiger partial charge in [0.2, 0.25) is 5.91 Å². The Balaban J connectivity index is 2.05. The van der Waals surface area contributed by atoms with Crippen LogP contribution in [0.15, 0.2) is 16.8 Å². The van der Waals surface area contributed by atoms with E-state index in [4.69, 9.17) is 18.0 Å². The lowest BCUT2D eigenvalue weighted by Crippen LogP contribution is -2.48. The normalized spacial score (nSPS) is 18.5. The average molecular weight is 296 g/mol. The van der Waals surface area contributed by atoms with E-state index < -0.39 is 5.41 Å². The molecule has 1 aliphatic carbocycles. The molecular weight excluding hydrogens is 276 g/mol. The van der Waals surface area contributed by atoms with E-state index in [1.165, 1.54) is 12.8 Å². The first-order valence-electron chi connectivity index (χ1n) is 6.74. The van der Waals surface area contributed by atoms with Gasteiger partial charge < -0.3 is 11.1 Å². The first-order valence-corrected chi connectivity index (χ1v) is 8.09. The third kappa shape index (κ3) is 3.34. The van der Waals surface area contributed by atoms with Gasteiger partial charge in [0, 0.05) is 6.54 Å². The molecule has 3 N–H and O–H groups in total. The highest BCUT2D eigenvalue weighted by Gasteiger charge is 2.41. The molecule has 0 spiro atoms. The second-order valence-corrected chi connectivity index (χ2v) is 6.39. The van der Waals surface area contributed by atoms with Crippen LogP contribution < -0.4 is 11.1 Å². The Morgan fingerprint density at radius 2 is 2.05 bits per heavy atom. The number of carbonyl (C=O) groups is 1. The number of thiophene rings is 1. The van der Waals surface area contributed by atoms with E-state index >= 15 is 0 Å². The predicted octanol–water partition coefficient (Wildman–Crippen LogP) is 2.99. The number of hydrogen-bond acceptors (Lipinski definition) is 3. The van der Waals surface area contributed by atoms with Crippen molar-refractivity contribution < 1.29 is 4.79 Å². The lowest BCUT2D eigenvalue weighted by atomic mass is 9.79. The minimum Gasteiger partial charge on any atom is -0.392 e. The molecule has 19 heavy (non-hydrogen) atoms. The van der Waals surface area contributed by atoms with Gasteiger partial charge in [-0.2, -0.15) is 11.3 Å². The third-order valence-electron chi connectivity index (χ3n) is 3.90. The lowest BCUT2D eigenvalue weighted by Gasteiger charge is -2.30. The number of amides is 1. The topological polar surface area (TPSA) is 55.1 Å². The molecule has 1 aromatic rings. The Bertz CT molecular complexity index is 434. The molecule has 0 saturated heterocycles. The van der Waals surface area contributed by atoms with Crippen LogP contribution in [0.25, 0.3) is 0 Å². The maximum absolute atomic E-state index is 12.5. The SMILES string of the molecule is NC(=S)C1(C(=O)NCc2ccsc2)CCCCCC1. The fourth-order valence-electron chi connectivity index (χ4n) is 2.66. The molecule has 0 radical (unpaired) electrons. The van der Waals surface area contributed by atoms with Gasteiger partial charge in [0.1, 0.15) is 0 Å². The molecule has 0 aliphatic heterocycles. The summed E-state index contributed by atoms with van der Waals surface area (Å²) in [5, 5.41) is 7.06. The van der Waals surface area contributed by atoms with Gasteiger partial charge in [-0.05, 0) is 35.2 Å². The van der Waals surface area contributed by atoms with E-state index in [-0.39, 0.29) is 5.91 Å². The number of thiocarbonyl (C=S) groups is 1. The third-order valence-corrected chi connectivity index (χ3v) is 5.02. The molecule has 0 unspecified atom stereocenters. The summed E-state index contributed by atoms with van der Waals surface area (Å²) < 4.78 is 0. The predicted molar refractivity (Wildman–Crippen MR) is 83.1 cm³/mol. The van der Waals surface area contributed by atoms with E-state index in [9.17, 15) is 4.79 Å². The van der Waals surface area contributed by atoms with Gasteiger partial charge in [-0.1, -0.05) is 37.9 Å². The van der Waals surface area contributed by atoms with Gasteiger partial charge in [-0.25, -0.2) is 0 Å². The molecule has 104 valence electrons. The summed E-state index contributed by atoms with van der Waals surface area (Å²) in [7, 11) is 0. The Morgan fingerprint density at radius 3 is 2.58 bits per heavy atom. The Hall–Kier alpha value is -0.940. The van der Waals surface area contributed by atoms with Crippen molar-refractivity contribution in [2.75, 3.05) is 0 Å². The zero-order valence-electron chi connectivity index (χ0n) is 11.0. The molecule has 1 heterocycles. The highest BCUT2D eigenvalue weighted by atomic mass is 32.1. The standard InChI is InChI=1S/C14H20N2OS2/c15-12(18)14(6-3-1-2-4-7-14)13(17)16-9-11-5-8-19-10-11/h5,8,10H,1-4,6-7,9H2,(H2,15,18)(H,16,17). The number of carbonyl (C=O) groups excluding carboxylic acids is 1. The molecule has 0 atom stereocenters. The van der Waals surface area contributed by atoms with E-state index in [0.29, 0.717) is 11.5 Å². The number of nitrogens with one attached hydrogen (secondary N) is 1. The fraction of sp³-hybridized carbons (Fsp3) is 0.571. The van der Waals surface area contributed by atoms with Crippen LogP contribution in [0.1, 0.15) is 44.1 Å². The molecule has 1 aliphatic rings. The van der Waals surface area contributed by atoms with Crippen molar-refractivity contribution in [3.63, 3.8) is 0 Å². The molecular formula is C14H20N2OS2. The summed E-state index contributed by atoms with van der Waals surface area (Å²) in [6, 6.07) is 2.02. The quantitative estimate of drug-likeness (QED) is 0.663. The Labute approximate surface area is 123 Å². The van der Waals surface area contributed by atoms with Crippen molar-refractivity contribution in [2.24, 2.45) is 11.1 Å². The van der Waals surface area contributed by atoms with Gasteiger partial charge in [0.15, 0.2) is 0 Å². The van der Waals surface area contributed by atoms with E-state index in [2.05, 4.69) is 5.32 Å². The Kier molecular flexibility index (Phi) is 4.93. The number of rotatable bonds is 4. The van der Waals surface area contributed by atoms with Crippen LogP contribution in [0.2, 0.25) is 0 Å². The first-order chi connectivity index (χ1) is 9.15. The maximum Gasteiger partial charge on any atom is 0.233 e. The van der Waals surface area contributed by atoms with Crippen LogP contribution in [-0.4, -0.2) is 10.9 Å². The second kappa shape index (κ2) is 6.48. The molecule has 1 amide bonds. The molecule has 1 aromatic heterocycles. The number of nitrogens with two attached hydrogens (primary N) is 1. The summed E-state index contributed by atoms with van der Waals surface area (Å²) in [6.07, 6.45) is 5.98. The highest BCUT2D eigenvalue weighted by Crippen LogP contribution is 2.35. The van der Waals surface area contributed by atoms with Gasteiger partial charge >= 0.3 is 0 Å². The minimum absolute atomic E-state index is 0.00750. The first kappa shape index (κ1) is 14.5. The van der Waals surface area contributed by atoms with Crippen molar-refractivity contribution in [1.82, 2.24) is 5.32 Å². The lowest BCUT2D eigenvalue weighted by molar-refractivity contribution is -0.128. The monoisotopic (exact) mass is 296 g/mol. The molecule has 0 aromatic carbocycles. The molecule has 1 fully saturated rings. The van der Waals surface area contributed by atoms with Crippen molar-refractivity contribution in [1.29, 1.82) is 0 Å². The van der Waals surface area contributed by atoms with Gasteiger partial charge in [0.05, 0.1) is 10.4 Å². The summed E-state index contributed by atoms with van der Waals surface area (Å²) in [5.74, 6) is 0.00750. The summed E-state index contributed by atoms with van der Waals surface area (Å²) >= 11 is 6.83. The van der Waals surface area contributed by atoms with E-state index in [1.807, 2.05) is 16.8 Å². The van der Waals surface area contributed by atoms with Crippen LogP contribution >= 0.6 is 23.6 Å². The van der Waals surface area contributed by atoms with Crippen molar-refractivity contribution in [2.45, 2.75) is 45.1 Å². The van der Waals surface area contributed by atoms with Gasteiger partial charge in [-0.15, -0.1) is 0 Å². The largest absolute Gasteiger partial charge is 0.392 e. The van der Waals surface area contributed by atoms with Crippen LogP contribution in [-0.2, 0) is 11.3 Å². The second-order valence-electron chi connectivity index (χ2n) is 5.17. The molecule has 5 heteroatoms. The summed E-state index contributed by atoms with van der Waals surface area (Å²) in [5.41, 5.74) is 6.40. The maximum atomic E-state index is 12.5. The Morgan fingerprint density at radius 1 is 1.37 bits per heavy atom. The highest BCUT2D eigenvalue weighted by molar-refractivity contribution is 7.80. The van der Waals surface area contributed by atoms with E-state index in [1.54, 1.807) is 11.3 Å². The summed E-state index contributed by atoms with van der Waals surface area (Å²) in [4.78, 5) is 12.9.